The molecule has 0 bridgehead atoms. The van der Waals surface area contributed by atoms with Crippen molar-refractivity contribution in [3.63, 3.8) is 0 Å². The van der Waals surface area contributed by atoms with E-state index in [0.717, 1.165) is 16.8 Å². The molecule has 0 atom stereocenters. The fourth-order valence-electron chi connectivity index (χ4n) is 1.41. The van der Waals surface area contributed by atoms with E-state index < -0.39 is 27.5 Å². The zero-order valence-corrected chi connectivity index (χ0v) is 11.5. The Kier molecular flexibility index (Phi) is 4.12. The largest absolute Gasteiger partial charge is 0.476 e. The summed E-state index contributed by atoms with van der Waals surface area (Å²) in [6, 6.07) is 5.28. The minimum Gasteiger partial charge on any atom is -0.476 e. The maximum absolute atomic E-state index is 12.7. The molecule has 106 valence electrons. The number of nitrogens with one attached hydrogen (secondary N) is 1. The average molecular weight is 316 g/mol. The van der Waals surface area contributed by atoms with Crippen molar-refractivity contribution in [2.75, 3.05) is 0 Å². The highest BCUT2D eigenvalue weighted by Crippen LogP contribution is 2.20. The van der Waals surface area contributed by atoms with Crippen LogP contribution >= 0.6 is 11.3 Å². The molecule has 1 heterocycles. The van der Waals surface area contributed by atoms with Gasteiger partial charge in [0, 0.05) is 6.54 Å². The number of benzene rings is 1. The summed E-state index contributed by atoms with van der Waals surface area (Å²) in [5, 5.41) is 8.84. The van der Waals surface area contributed by atoms with Gasteiger partial charge in [-0.1, -0.05) is 12.1 Å². The van der Waals surface area contributed by atoms with Crippen molar-refractivity contribution in [1.82, 2.24) is 9.71 Å². The van der Waals surface area contributed by atoms with Crippen LogP contribution in [0.1, 0.15) is 16.1 Å². The minimum atomic E-state index is -3.97. The Bertz CT molecular complexity index is 725. The van der Waals surface area contributed by atoms with E-state index >= 15 is 0 Å². The number of halogens is 1. The molecule has 0 spiro atoms. The van der Waals surface area contributed by atoms with E-state index in [4.69, 9.17) is 5.11 Å². The molecular formula is C11H9FN2O4S2. The third-order valence-corrected chi connectivity index (χ3v) is 5.13. The average Bonchev–Trinajstić information content (AvgIpc) is 2.88. The van der Waals surface area contributed by atoms with Gasteiger partial charge in [-0.25, -0.2) is 27.3 Å². The van der Waals surface area contributed by atoms with Gasteiger partial charge in [0.2, 0.25) is 0 Å². The number of hydrogen-bond acceptors (Lipinski definition) is 5. The molecule has 20 heavy (non-hydrogen) atoms. The first-order valence-corrected chi connectivity index (χ1v) is 7.67. The standard InChI is InChI=1S/C11H9FN2O4S2/c12-8-3-1-7(2-4-8)5-14-20(17,18)11-9(10(15)16)13-6-19-11/h1-4,6,14H,5H2,(H,15,16). The molecule has 0 unspecified atom stereocenters. The Balaban J connectivity index is 2.17. The molecule has 0 radical (unpaired) electrons. The topological polar surface area (TPSA) is 96.4 Å². The zero-order chi connectivity index (χ0) is 14.8. The van der Waals surface area contributed by atoms with Crippen molar-refractivity contribution in [2.24, 2.45) is 0 Å². The molecule has 2 N–H and O–H groups in total. The van der Waals surface area contributed by atoms with Crippen molar-refractivity contribution in [1.29, 1.82) is 0 Å². The third kappa shape index (κ3) is 3.18. The highest BCUT2D eigenvalue weighted by Gasteiger charge is 2.25. The Labute approximate surface area is 118 Å². The molecule has 9 heteroatoms. The first-order chi connectivity index (χ1) is 9.40. The number of nitrogens with zero attached hydrogens (tertiary/aromatic N) is 1. The highest BCUT2D eigenvalue weighted by atomic mass is 32.2. The lowest BCUT2D eigenvalue weighted by Gasteiger charge is -2.05. The van der Waals surface area contributed by atoms with E-state index in [-0.39, 0.29) is 10.8 Å². The molecule has 6 nitrogen and oxygen atoms in total. The number of aromatic nitrogens is 1. The predicted molar refractivity (Wildman–Crippen MR) is 69.5 cm³/mol. The van der Waals surface area contributed by atoms with E-state index in [1.54, 1.807) is 0 Å². The van der Waals surface area contributed by atoms with Gasteiger partial charge >= 0.3 is 5.97 Å². The second-order valence-corrected chi connectivity index (χ2v) is 6.56. The van der Waals surface area contributed by atoms with Gasteiger partial charge in [0.15, 0.2) is 9.90 Å². The lowest BCUT2D eigenvalue weighted by Crippen LogP contribution is -2.24. The molecule has 0 aliphatic carbocycles. The molecule has 0 fully saturated rings. The number of carboxylic acid groups (broad SMARTS) is 1. The summed E-state index contributed by atoms with van der Waals surface area (Å²) < 4.78 is 38.6. The van der Waals surface area contributed by atoms with Crippen LogP contribution in [-0.2, 0) is 16.6 Å². The summed E-state index contributed by atoms with van der Waals surface area (Å²) in [6.07, 6.45) is 0. The summed E-state index contributed by atoms with van der Waals surface area (Å²) in [7, 11) is -3.97. The zero-order valence-electron chi connectivity index (χ0n) is 9.91. The normalized spacial score (nSPS) is 11.4. The quantitative estimate of drug-likeness (QED) is 0.870. The van der Waals surface area contributed by atoms with E-state index in [9.17, 15) is 17.6 Å². The molecule has 1 aromatic carbocycles. The maximum atomic E-state index is 12.7. The maximum Gasteiger partial charge on any atom is 0.356 e. The molecule has 0 saturated heterocycles. The number of sulfonamides is 1. The Morgan fingerprint density at radius 3 is 2.60 bits per heavy atom. The lowest BCUT2D eigenvalue weighted by atomic mass is 10.2. The Morgan fingerprint density at radius 1 is 1.35 bits per heavy atom. The summed E-state index contributed by atoms with van der Waals surface area (Å²) >= 11 is 0.720. The monoisotopic (exact) mass is 316 g/mol. The summed E-state index contributed by atoms with van der Waals surface area (Å²) in [5.74, 6) is -1.83. The first kappa shape index (κ1) is 14.6. The molecule has 0 amide bonds. The molecule has 0 aliphatic rings. The Hall–Kier alpha value is -1.84. The van der Waals surface area contributed by atoms with Gasteiger partial charge in [0.05, 0.1) is 5.51 Å². The van der Waals surface area contributed by atoms with Gasteiger partial charge in [-0.3, -0.25) is 0 Å². The van der Waals surface area contributed by atoms with Crippen LogP contribution in [0.15, 0.2) is 34.0 Å². The van der Waals surface area contributed by atoms with Gasteiger partial charge < -0.3 is 5.11 Å². The van der Waals surface area contributed by atoms with Gasteiger partial charge in [-0.05, 0) is 17.7 Å². The van der Waals surface area contributed by atoms with Gasteiger partial charge in [-0.2, -0.15) is 0 Å². The predicted octanol–water partition coefficient (Wildman–Crippen LogP) is 1.46. The van der Waals surface area contributed by atoms with Crippen LogP contribution < -0.4 is 4.72 Å². The molecule has 0 saturated carbocycles. The molecular weight excluding hydrogens is 307 g/mol. The number of aromatic carboxylic acids is 1. The van der Waals surface area contributed by atoms with Crippen LogP contribution in [0.5, 0.6) is 0 Å². The van der Waals surface area contributed by atoms with Crippen molar-refractivity contribution in [3.05, 3.63) is 46.9 Å². The summed E-state index contributed by atoms with van der Waals surface area (Å²) in [5.41, 5.74) is 1.19. The van der Waals surface area contributed by atoms with Gasteiger partial charge in [0.25, 0.3) is 10.0 Å². The number of carboxylic acids is 1. The van der Waals surface area contributed by atoms with E-state index in [0.29, 0.717) is 5.56 Å². The smallest absolute Gasteiger partial charge is 0.356 e. The van der Waals surface area contributed by atoms with Gasteiger partial charge in [-0.15, -0.1) is 11.3 Å². The van der Waals surface area contributed by atoms with Crippen LogP contribution in [0.25, 0.3) is 0 Å². The van der Waals surface area contributed by atoms with Crippen molar-refractivity contribution in [2.45, 2.75) is 10.8 Å². The lowest BCUT2D eigenvalue weighted by molar-refractivity contribution is 0.0687. The van der Waals surface area contributed by atoms with Crippen molar-refractivity contribution in [3.8, 4) is 0 Å². The second kappa shape index (κ2) is 5.65. The highest BCUT2D eigenvalue weighted by molar-refractivity contribution is 7.91. The SMILES string of the molecule is O=C(O)c1ncsc1S(=O)(=O)NCc1ccc(F)cc1. The fraction of sp³-hybridized carbons (Fsp3) is 0.0909. The molecule has 1 aromatic heterocycles. The number of rotatable bonds is 5. The van der Waals surface area contributed by atoms with Crippen molar-refractivity contribution < 1.29 is 22.7 Å². The number of thiazole rings is 1. The number of carbonyl (C=O) groups is 1. The van der Waals surface area contributed by atoms with Gasteiger partial charge in [0.1, 0.15) is 5.82 Å². The number of hydrogen-bond donors (Lipinski definition) is 2. The first-order valence-electron chi connectivity index (χ1n) is 5.31. The summed E-state index contributed by atoms with van der Waals surface area (Å²) in [4.78, 5) is 14.4. The third-order valence-electron chi connectivity index (χ3n) is 2.36. The van der Waals surface area contributed by atoms with E-state index in [1.807, 2.05) is 0 Å². The minimum absolute atomic E-state index is 0.0699. The van der Waals surface area contributed by atoms with Crippen LogP contribution in [0.4, 0.5) is 4.39 Å². The van der Waals surface area contributed by atoms with E-state index in [2.05, 4.69) is 9.71 Å². The fourth-order valence-corrected chi connectivity index (χ4v) is 3.62. The molecule has 0 aliphatic heterocycles. The van der Waals surface area contributed by atoms with Crippen LogP contribution in [0.2, 0.25) is 0 Å². The summed E-state index contributed by atoms with van der Waals surface area (Å²) in [6.45, 7) is -0.0699. The second-order valence-electron chi connectivity index (χ2n) is 3.74. The van der Waals surface area contributed by atoms with E-state index in [1.165, 1.54) is 24.3 Å². The Morgan fingerprint density at radius 2 is 2.00 bits per heavy atom. The van der Waals surface area contributed by atoms with Crippen LogP contribution in [-0.4, -0.2) is 24.5 Å². The molecule has 2 aromatic rings. The molecule has 2 rings (SSSR count). The van der Waals surface area contributed by atoms with Crippen LogP contribution in [0.3, 0.4) is 0 Å². The van der Waals surface area contributed by atoms with Crippen LogP contribution in [0, 0.1) is 5.82 Å². The van der Waals surface area contributed by atoms with Crippen molar-refractivity contribution >= 4 is 27.3 Å².